The van der Waals surface area contributed by atoms with Gasteiger partial charge in [0.1, 0.15) is 5.75 Å². The third-order valence-electron chi connectivity index (χ3n) is 1.79. The molecule has 0 saturated heterocycles. The number of phenols is 1. The molecule has 0 bridgehead atoms. The smallest absolute Gasteiger partial charge is 0.219 e. The van der Waals surface area contributed by atoms with Gasteiger partial charge in [0, 0.05) is 18.5 Å². The number of aromatic hydroxyl groups is 1. The summed E-state index contributed by atoms with van der Waals surface area (Å²) in [6.45, 7) is 2.18. The van der Waals surface area contributed by atoms with Crippen LogP contribution in [0.4, 0.5) is 0 Å². The van der Waals surface area contributed by atoms with Crippen LogP contribution in [0.1, 0.15) is 18.9 Å². The van der Waals surface area contributed by atoms with E-state index in [9.17, 15) is 9.90 Å². The number of amides is 1. The summed E-state index contributed by atoms with van der Waals surface area (Å²) in [4.78, 5) is 10.9. The first-order valence-electron chi connectivity index (χ1n) is 4.27. The van der Waals surface area contributed by atoms with E-state index < -0.39 is 0 Å². The van der Waals surface area contributed by atoms with Gasteiger partial charge in [0.25, 0.3) is 0 Å². The molecule has 0 heterocycles. The Labute approximate surface area is 77.4 Å². The van der Waals surface area contributed by atoms with E-state index in [1.807, 2.05) is 6.07 Å². The average Bonchev–Trinajstić information content (AvgIpc) is 2.16. The van der Waals surface area contributed by atoms with Crippen molar-refractivity contribution in [3.63, 3.8) is 0 Å². The lowest BCUT2D eigenvalue weighted by molar-refractivity contribution is -0.120. The summed E-state index contributed by atoms with van der Waals surface area (Å²) in [5.41, 5.74) is 0.740. The van der Waals surface area contributed by atoms with Gasteiger partial charge in [-0.25, -0.2) is 0 Å². The molecule has 0 aliphatic rings. The van der Waals surface area contributed by atoms with Gasteiger partial charge in [-0.2, -0.15) is 0 Å². The maximum Gasteiger partial charge on any atom is 0.219 e. The fourth-order valence-corrected chi connectivity index (χ4v) is 0.979. The maximum atomic E-state index is 10.9. The van der Waals surface area contributed by atoms with Crippen molar-refractivity contribution in [1.29, 1.82) is 0 Å². The minimum atomic E-state index is -0.0109. The van der Waals surface area contributed by atoms with E-state index >= 15 is 0 Å². The molecule has 13 heavy (non-hydrogen) atoms. The van der Waals surface area contributed by atoms with Crippen LogP contribution < -0.4 is 5.32 Å². The van der Waals surface area contributed by atoms with Crippen LogP contribution in [0.15, 0.2) is 24.3 Å². The molecule has 0 aromatic heterocycles. The van der Waals surface area contributed by atoms with Crippen LogP contribution in [0.5, 0.6) is 5.75 Å². The topological polar surface area (TPSA) is 49.3 Å². The number of carbonyl (C=O) groups excluding carboxylic acids is 1. The van der Waals surface area contributed by atoms with Gasteiger partial charge in [-0.1, -0.05) is 25.1 Å². The molecule has 0 aliphatic heterocycles. The van der Waals surface area contributed by atoms with Crippen molar-refractivity contribution in [2.75, 3.05) is 0 Å². The third kappa shape index (κ3) is 2.78. The van der Waals surface area contributed by atoms with Crippen LogP contribution in [0.25, 0.3) is 0 Å². The van der Waals surface area contributed by atoms with Crippen LogP contribution >= 0.6 is 0 Å². The van der Waals surface area contributed by atoms with Crippen molar-refractivity contribution in [2.24, 2.45) is 0 Å². The van der Waals surface area contributed by atoms with E-state index in [1.165, 1.54) is 0 Å². The molecule has 0 spiro atoms. The molecule has 0 atom stereocenters. The fourth-order valence-electron chi connectivity index (χ4n) is 0.979. The number of nitrogens with one attached hydrogen (secondary N) is 1. The highest BCUT2D eigenvalue weighted by Crippen LogP contribution is 2.14. The Kier molecular flexibility index (Phi) is 3.31. The molecule has 0 unspecified atom stereocenters. The highest BCUT2D eigenvalue weighted by atomic mass is 16.3. The zero-order valence-electron chi connectivity index (χ0n) is 7.58. The van der Waals surface area contributed by atoms with Crippen LogP contribution in [-0.2, 0) is 11.3 Å². The van der Waals surface area contributed by atoms with Gasteiger partial charge < -0.3 is 10.4 Å². The Hall–Kier alpha value is -1.51. The quantitative estimate of drug-likeness (QED) is 0.737. The van der Waals surface area contributed by atoms with Gasteiger partial charge in [-0.05, 0) is 6.07 Å². The van der Waals surface area contributed by atoms with Crippen LogP contribution in [-0.4, -0.2) is 11.0 Å². The molecule has 0 saturated carbocycles. The molecule has 3 heteroatoms. The van der Waals surface area contributed by atoms with Crippen LogP contribution in [0.3, 0.4) is 0 Å². The number of carbonyl (C=O) groups is 1. The third-order valence-corrected chi connectivity index (χ3v) is 1.79. The SMILES string of the molecule is CCC(=O)NCc1ccccc1O. The lowest BCUT2D eigenvalue weighted by atomic mass is 10.2. The van der Waals surface area contributed by atoms with E-state index in [0.717, 1.165) is 5.56 Å². The van der Waals surface area contributed by atoms with Crippen molar-refractivity contribution in [3.05, 3.63) is 29.8 Å². The lowest BCUT2D eigenvalue weighted by Crippen LogP contribution is -2.21. The summed E-state index contributed by atoms with van der Waals surface area (Å²) in [5.74, 6) is 0.210. The second-order valence-electron chi connectivity index (χ2n) is 2.76. The summed E-state index contributed by atoms with van der Waals surface area (Å²) in [6.07, 6.45) is 0.466. The Bertz CT molecular complexity index is 297. The molecular weight excluding hydrogens is 166 g/mol. The van der Waals surface area contributed by atoms with Gasteiger partial charge in [0.05, 0.1) is 0 Å². The molecule has 0 radical (unpaired) electrons. The zero-order valence-corrected chi connectivity index (χ0v) is 7.58. The van der Waals surface area contributed by atoms with Gasteiger partial charge in [-0.15, -0.1) is 0 Å². The minimum Gasteiger partial charge on any atom is -0.508 e. The summed E-state index contributed by atoms with van der Waals surface area (Å²) in [6, 6.07) is 6.96. The van der Waals surface area contributed by atoms with Gasteiger partial charge in [-0.3, -0.25) is 4.79 Å². The first-order valence-corrected chi connectivity index (χ1v) is 4.27. The van der Waals surface area contributed by atoms with Crippen LogP contribution in [0.2, 0.25) is 0 Å². The number of benzene rings is 1. The predicted octanol–water partition coefficient (Wildman–Crippen LogP) is 1.42. The van der Waals surface area contributed by atoms with Gasteiger partial charge in [0.2, 0.25) is 5.91 Å². The number of phenolic OH excluding ortho intramolecular Hbond substituents is 1. The summed E-state index contributed by atoms with van der Waals surface area (Å²) >= 11 is 0. The summed E-state index contributed by atoms with van der Waals surface area (Å²) < 4.78 is 0. The van der Waals surface area contributed by atoms with Crippen LogP contribution in [0, 0.1) is 0 Å². The van der Waals surface area contributed by atoms with Gasteiger partial charge >= 0.3 is 0 Å². The van der Waals surface area contributed by atoms with Crippen molar-refractivity contribution in [3.8, 4) is 5.75 Å². The maximum absolute atomic E-state index is 10.9. The summed E-state index contributed by atoms with van der Waals surface area (Å²) in [7, 11) is 0. The average molecular weight is 179 g/mol. The molecule has 3 nitrogen and oxygen atoms in total. The number of para-hydroxylation sites is 1. The number of hydrogen-bond donors (Lipinski definition) is 2. The molecule has 2 N–H and O–H groups in total. The van der Waals surface area contributed by atoms with Crippen molar-refractivity contribution >= 4 is 5.91 Å². The van der Waals surface area contributed by atoms with Crippen molar-refractivity contribution in [2.45, 2.75) is 19.9 Å². The minimum absolute atomic E-state index is 0.0109. The molecular formula is C10H13NO2. The molecule has 1 aromatic rings. The highest BCUT2D eigenvalue weighted by Gasteiger charge is 2.00. The molecule has 0 aliphatic carbocycles. The van der Waals surface area contributed by atoms with Crippen molar-refractivity contribution < 1.29 is 9.90 Å². The Morgan fingerprint density at radius 1 is 1.46 bits per heavy atom. The van der Waals surface area contributed by atoms with E-state index in [-0.39, 0.29) is 11.7 Å². The van der Waals surface area contributed by atoms with Crippen molar-refractivity contribution in [1.82, 2.24) is 5.32 Å². The Morgan fingerprint density at radius 3 is 2.77 bits per heavy atom. The van der Waals surface area contributed by atoms with E-state index in [1.54, 1.807) is 25.1 Å². The van der Waals surface area contributed by atoms with Gasteiger partial charge in [0.15, 0.2) is 0 Å². The molecule has 1 rings (SSSR count). The second kappa shape index (κ2) is 4.50. The monoisotopic (exact) mass is 179 g/mol. The van der Waals surface area contributed by atoms with E-state index in [2.05, 4.69) is 5.32 Å². The number of hydrogen-bond acceptors (Lipinski definition) is 2. The van der Waals surface area contributed by atoms with E-state index in [0.29, 0.717) is 13.0 Å². The predicted molar refractivity (Wildman–Crippen MR) is 50.2 cm³/mol. The molecule has 1 amide bonds. The molecule has 1 aromatic carbocycles. The number of rotatable bonds is 3. The fraction of sp³-hybridized carbons (Fsp3) is 0.300. The van der Waals surface area contributed by atoms with E-state index in [4.69, 9.17) is 0 Å². The standard InChI is InChI=1S/C10H13NO2/c1-2-10(13)11-7-8-5-3-4-6-9(8)12/h3-6,12H,2,7H2,1H3,(H,11,13). The Balaban J connectivity index is 2.54. The summed E-state index contributed by atoms with van der Waals surface area (Å²) in [5, 5.41) is 12.0. The second-order valence-corrected chi connectivity index (χ2v) is 2.76. The molecule has 0 fully saturated rings. The first-order chi connectivity index (χ1) is 6.24. The normalized spacial score (nSPS) is 9.62. The highest BCUT2D eigenvalue weighted by molar-refractivity contribution is 5.75. The zero-order chi connectivity index (χ0) is 9.68. The first kappa shape index (κ1) is 9.58. The Morgan fingerprint density at radius 2 is 2.15 bits per heavy atom. The largest absolute Gasteiger partial charge is 0.508 e. The molecule has 70 valence electrons. The lowest BCUT2D eigenvalue weighted by Gasteiger charge is -2.04.